The molecule has 2 aromatic carbocycles. The number of hydrogen-bond donors (Lipinski definition) is 3. The lowest BCUT2D eigenvalue weighted by molar-refractivity contribution is 0.0930. The summed E-state index contributed by atoms with van der Waals surface area (Å²) >= 11 is 6.22. The first kappa shape index (κ1) is 25.2. The molecule has 0 saturated carbocycles. The third-order valence-electron chi connectivity index (χ3n) is 6.66. The number of amides is 1. The summed E-state index contributed by atoms with van der Waals surface area (Å²) in [6, 6.07) is 9.77. The monoisotopic (exact) mass is 542 g/mol. The predicted octanol–water partition coefficient (Wildman–Crippen LogP) is 2.70. The van der Waals surface area contributed by atoms with Crippen LogP contribution in [0.25, 0.3) is 10.9 Å². The molecule has 0 aliphatic carbocycles. The van der Waals surface area contributed by atoms with E-state index >= 15 is 0 Å². The van der Waals surface area contributed by atoms with Gasteiger partial charge in [0, 0.05) is 42.1 Å². The van der Waals surface area contributed by atoms with Gasteiger partial charge in [-0.15, -0.1) is 0 Å². The third kappa shape index (κ3) is 4.81. The van der Waals surface area contributed by atoms with Gasteiger partial charge in [-0.3, -0.25) is 14.3 Å². The van der Waals surface area contributed by atoms with E-state index in [4.69, 9.17) is 11.6 Å². The van der Waals surface area contributed by atoms with Crippen LogP contribution in [0.15, 0.2) is 51.0 Å². The van der Waals surface area contributed by atoms with Gasteiger partial charge in [0.25, 0.3) is 5.91 Å². The minimum atomic E-state index is -4.05. The Morgan fingerprint density at radius 2 is 1.92 bits per heavy atom. The molecule has 1 atom stereocenters. The summed E-state index contributed by atoms with van der Waals surface area (Å²) in [6.07, 6.45) is 0.676. The quantitative estimate of drug-likeness (QED) is 0.343. The first-order valence-electron chi connectivity index (χ1n) is 11.8. The number of hydrogen-bond acceptors (Lipinski definition) is 6. The summed E-state index contributed by atoms with van der Waals surface area (Å²) in [6.45, 7) is 5.36. The zero-order valence-electron chi connectivity index (χ0n) is 20.6. The highest BCUT2D eigenvalue weighted by Gasteiger charge is 2.32. The largest absolute Gasteiger partial charge is 0.349 e. The molecule has 10 nitrogen and oxygen atoms in total. The molecular formula is C25H27ClN6O4S. The van der Waals surface area contributed by atoms with Crippen LogP contribution in [0, 0.1) is 13.8 Å². The summed E-state index contributed by atoms with van der Waals surface area (Å²) in [5.74, 6) is 0.0978. The Kier molecular flexibility index (Phi) is 6.47. The number of rotatable bonds is 6. The van der Waals surface area contributed by atoms with Gasteiger partial charge in [-0.2, -0.15) is 5.10 Å². The maximum atomic E-state index is 13.9. The minimum absolute atomic E-state index is 0.0235. The Hall–Kier alpha value is -3.41. The highest BCUT2D eigenvalue weighted by atomic mass is 35.5. The zero-order valence-corrected chi connectivity index (χ0v) is 22.2. The van der Waals surface area contributed by atoms with Crippen LogP contribution in [0.2, 0.25) is 5.02 Å². The van der Waals surface area contributed by atoms with Crippen LogP contribution in [0.5, 0.6) is 0 Å². The van der Waals surface area contributed by atoms with Crippen molar-refractivity contribution in [1.29, 1.82) is 0 Å². The Morgan fingerprint density at radius 3 is 2.59 bits per heavy atom. The Bertz CT molecular complexity index is 1670. The molecule has 1 amide bonds. The molecule has 2 aromatic heterocycles. The SMILES string of the molecule is Cc1cc(C)cc(S(=O)(=O)c2c(C(=O)N[C@@H]3CCN(Cc4n[nH]c(=O)n4C)C3)[nH]c3ccc(Cl)cc23)c1. The molecule has 1 aliphatic rings. The van der Waals surface area contributed by atoms with Crippen molar-refractivity contribution in [1.82, 2.24) is 30.0 Å². The second-order valence-electron chi connectivity index (χ2n) is 9.54. The van der Waals surface area contributed by atoms with Crippen LogP contribution in [-0.4, -0.2) is 58.1 Å². The molecule has 1 fully saturated rings. The molecule has 0 radical (unpaired) electrons. The molecule has 194 valence electrons. The van der Waals surface area contributed by atoms with Crippen LogP contribution in [0.3, 0.4) is 0 Å². The number of H-pyrrole nitrogens is 2. The van der Waals surface area contributed by atoms with E-state index in [1.54, 1.807) is 37.4 Å². The Labute approximate surface area is 218 Å². The predicted molar refractivity (Wildman–Crippen MR) is 140 cm³/mol. The van der Waals surface area contributed by atoms with Gasteiger partial charge in [0.05, 0.1) is 11.4 Å². The van der Waals surface area contributed by atoms with Gasteiger partial charge in [0.2, 0.25) is 9.84 Å². The fourth-order valence-electron chi connectivity index (χ4n) is 4.86. The van der Waals surface area contributed by atoms with E-state index in [0.717, 1.165) is 11.1 Å². The number of aryl methyl sites for hydroxylation is 2. The van der Waals surface area contributed by atoms with Crippen LogP contribution >= 0.6 is 11.6 Å². The van der Waals surface area contributed by atoms with E-state index in [9.17, 15) is 18.0 Å². The average Bonchev–Trinajstić information content (AvgIpc) is 3.52. The van der Waals surface area contributed by atoms with Crippen LogP contribution < -0.4 is 11.0 Å². The highest BCUT2D eigenvalue weighted by Crippen LogP contribution is 2.34. The number of halogens is 1. The lowest BCUT2D eigenvalue weighted by atomic mass is 10.2. The number of benzene rings is 2. The summed E-state index contributed by atoms with van der Waals surface area (Å²) in [5, 5.41) is 10.2. The fourth-order valence-corrected chi connectivity index (χ4v) is 6.82. The molecule has 1 aliphatic heterocycles. The van der Waals surface area contributed by atoms with Gasteiger partial charge in [-0.1, -0.05) is 17.7 Å². The van der Waals surface area contributed by atoms with Crippen molar-refractivity contribution in [2.45, 2.75) is 42.6 Å². The molecule has 0 bridgehead atoms. The van der Waals surface area contributed by atoms with Crippen LogP contribution in [-0.2, 0) is 23.4 Å². The van der Waals surface area contributed by atoms with Crippen molar-refractivity contribution < 1.29 is 13.2 Å². The Balaban J connectivity index is 1.46. The Morgan fingerprint density at radius 1 is 1.19 bits per heavy atom. The van der Waals surface area contributed by atoms with E-state index in [0.29, 0.717) is 47.8 Å². The number of carbonyl (C=O) groups is 1. The molecule has 0 unspecified atom stereocenters. The van der Waals surface area contributed by atoms with Crippen molar-refractivity contribution >= 4 is 38.2 Å². The van der Waals surface area contributed by atoms with Crippen LogP contribution in [0.1, 0.15) is 33.9 Å². The number of sulfone groups is 1. The molecule has 0 spiro atoms. The fraction of sp³-hybridized carbons (Fsp3) is 0.320. The van der Waals surface area contributed by atoms with Crippen molar-refractivity contribution in [2.24, 2.45) is 7.05 Å². The maximum absolute atomic E-state index is 13.9. The van der Waals surface area contributed by atoms with Gasteiger partial charge in [0.1, 0.15) is 16.4 Å². The molecule has 12 heteroatoms. The second kappa shape index (κ2) is 9.47. The zero-order chi connectivity index (χ0) is 26.5. The first-order valence-corrected chi connectivity index (χ1v) is 13.7. The van der Waals surface area contributed by atoms with E-state index in [2.05, 4.69) is 25.4 Å². The number of likely N-dealkylation sites (tertiary alicyclic amines) is 1. The number of fused-ring (bicyclic) bond motifs is 1. The topological polar surface area (TPSA) is 133 Å². The molecule has 3 N–H and O–H groups in total. The van der Waals surface area contributed by atoms with Gasteiger partial charge in [0.15, 0.2) is 0 Å². The number of carbonyl (C=O) groups excluding carboxylic acids is 1. The van der Waals surface area contributed by atoms with E-state index in [1.807, 2.05) is 19.9 Å². The van der Waals surface area contributed by atoms with Crippen molar-refractivity contribution in [3.05, 3.63) is 74.6 Å². The molecule has 3 heterocycles. The maximum Gasteiger partial charge on any atom is 0.343 e. The summed E-state index contributed by atoms with van der Waals surface area (Å²) in [7, 11) is -2.40. The van der Waals surface area contributed by atoms with Gasteiger partial charge in [-0.25, -0.2) is 18.3 Å². The minimum Gasteiger partial charge on any atom is -0.349 e. The van der Waals surface area contributed by atoms with Gasteiger partial charge < -0.3 is 10.3 Å². The van der Waals surface area contributed by atoms with Crippen LogP contribution in [0.4, 0.5) is 0 Å². The number of nitrogens with zero attached hydrogens (tertiary/aromatic N) is 3. The normalized spacial score (nSPS) is 16.5. The van der Waals surface area contributed by atoms with Gasteiger partial charge in [-0.05, 0) is 61.7 Å². The smallest absolute Gasteiger partial charge is 0.343 e. The highest BCUT2D eigenvalue weighted by molar-refractivity contribution is 7.91. The number of aromatic nitrogens is 4. The van der Waals surface area contributed by atoms with Crippen molar-refractivity contribution in [3.8, 4) is 0 Å². The second-order valence-corrected chi connectivity index (χ2v) is 11.9. The van der Waals surface area contributed by atoms with Crippen molar-refractivity contribution in [2.75, 3.05) is 13.1 Å². The molecular weight excluding hydrogens is 516 g/mol. The number of nitrogens with one attached hydrogen (secondary N) is 3. The summed E-state index contributed by atoms with van der Waals surface area (Å²) in [4.78, 5) is 30.3. The molecule has 37 heavy (non-hydrogen) atoms. The van der Waals surface area contributed by atoms with Gasteiger partial charge >= 0.3 is 5.69 Å². The van der Waals surface area contributed by atoms with E-state index in [-0.39, 0.29) is 27.2 Å². The standard InChI is InChI=1S/C25H27ClN6O4S/c1-14-8-15(2)10-18(9-14)37(35,36)23-19-11-16(26)4-5-20(19)28-22(23)24(33)27-17-6-7-32(12-17)13-21-29-30-25(34)31(21)3/h4-5,8-11,17,28H,6-7,12-13H2,1-3H3,(H,27,33)(H,30,34)/t17-/m1/s1. The molecule has 1 saturated heterocycles. The summed E-state index contributed by atoms with van der Waals surface area (Å²) < 4.78 is 29.2. The third-order valence-corrected chi connectivity index (χ3v) is 8.71. The lowest BCUT2D eigenvalue weighted by Gasteiger charge is -2.16. The molecule has 4 aromatic rings. The van der Waals surface area contributed by atoms with E-state index in [1.165, 1.54) is 4.57 Å². The summed E-state index contributed by atoms with van der Waals surface area (Å²) in [5.41, 5.74) is 1.82. The average molecular weight is 543 g/mol. The first-order chi connectivity index (χ1) is 17.5. The lowest BCUT2D eigenvalue weighted by Crippen LogP contribution is -2.37. The molecule has 5 rings (SSSR count). The van der Waals surface area contributed by atoms with Crippen molar-refractivity contribution in [3.63, 3.8) is 0 Å². The van der Waals surface area contributed by atoms with E-state index < -0.39 is 15.7 Å². The number of aromatic amines is 2.